The van der Waals surface area contributed by atoms with Crippen LogP contribution in [0, 0.1) is 0 Å². The molecule has 0 saturated carbocycles. The second-order valence-corrected chi connectivity index (χ2v) is 10.0. The third-order valence-corrected chi connectivity index (χ3v) is 8.05. The molecule has 9 nitrogen and oxygen atoms in total. The highest BCUT2D eigenvalue weighted by molar-refractivity contribution is 7.93. The Labute approximate surface area is 197 Å². The Morgan fingerprint density at radius 1 is 1.09 bits per heavy atom. The van der Waals surface area contributed by atoms with Crippen LogP contribution in [0.1, 0.15) is 35.8 Å². The summed E-state index contributed by atoms with van der Waals surface area (Å²) in [6.07, 6.45) is 1.24. The van der Waals surface area contributed by atoms with Gasteiger partial charge in [0.1, 0.15) is 16.5 Å². The molecule has 0 saturated heterocycles. The van der Waals surface area contributed by atoms with Crippen molar-refractivity contribution in [2.75, 3.05) is 23.3 Å². The number of ether oxygens (including phenoxy) is 1. The van der Waals surface area contributed by atoms with Gasteiger partial charge in [0.05, 0.1) is 18.5 Å². The summed E-state index contributed by atoms with van der Waals surface area (Å²) in [5.41, 5.74) is 3.27. The number of sulfonamides is 1. The number of aromatic nitrogens is 2. The number of anilines is 2. The smallest absolute Gasteiger partial charge is 0.268 e. The van der Waals surface area contributed by atoms with E-state index in [1.54, 1.807) is 18.2 Å². The average Bonchev–Trinajstić information content (AvgIpc) is 3.40. The van der Waals surface area contributed by atoms with Crippen LogP contribution in [0.15, 0.2) is 47.4 Å². The summed E-state index contributed by atoms with van der Waals surface area (Å²) in [4.78, 5) is 24.8. The third kappa shape index (κ3) is 3.45. The van der Waals surface area contributed by atoms with Crippen LogP contribution in [-0.2, 0) is 27.7 Å². The summed E-state index contributed by atoms with van der Waals surface area (Å²) in [6.45, 7) is 2.23. The molecule has 176 valence electrons. The van der Waals surface area contributed by atoms with E-state index >= 15 is 0 Å². The molecule has 3 aromatic rings. The lowest BCUT2D eigenvalue weighted by molar-refractivity contribution is -0.116. The van der Waals surface area contributed by atoms with Crippen molar-refractivity contribution < 1.29 is 22.7 Å². The molecule has 3 heterocycles. The van der Waals surface area contributed by atoms with Gasteiger partial charge >= 0.3 is 0 Å². The minimum absolute atomic E-state index is 0.0116. The van der Waals surface area contributed by atoms with Gasteiger partial charge in [-0.05, 0) is 42.2 Å². The van der Waals surface area contributed by atoms with Gasteiger partial charge in [-0.3, -0.25) is 13.9 Å². The van der Waals surface area contributed by atoms with E-state index < -0.39 is 10.0 Å². The molecule has 1 amide bonds. The van der Waals surface area contributed by atoms with Crippen molar-refractivity contribution in [1.29, 1.82) is 0 Å². The highest BCUT2D eigenvalue weighted by Crippen LogP contribution is 2.40. The van der Waals surface area contributed by atoms with Gasteiger partial charge in [0, 0.05) is 24.9 Å². The van der Waals surface area contributed by atoms with E-state index in [9.17, 15) is 18.0 Å². The molecule has 2 aliphatic heterocycles. The molecule has 0 radical (unpaired) electrons. The van der Waals surface area contributed by atoms with E-state index in [1.165, 1.54) is 22.2 Å². The fourth-order valence-corrected chi connectivity index (χ4v) is 6.23. The van der Waals surface area contributed by atoms with E-state index in [0.29, 0.717) is 41.9 Å². The Balaban J connectivity index is 1.68. The fraction of sp³-hybridized carbons (Fsp3) is 0.292. The largest absolute Gasteiger partial charge is 0.495 e. The lowest BCUT2D eigenvalue weighted by atomic mass is 10.0. The van der Waals surface area contributed by atoms with Crippen LogP contribution >= 0.6 is 0 Å². The Hall–Kier alpha value is -3.66. The number of benzene rings is 2. The summed E-state index contributed by atoms with van der Waals surface area (Å²) >= 11 is 0. The molecular weight excluding hydrogens is 456 g/mol. The Morgan fingerprint density at radius 3 is 2.65 bits per heavy atom. The standard InChI is InChI=1S/C24H24N4O5S/c1-3-17-23(24-25-21(29)10-11-22(30)28(24)26-17)16-8-9-19(33-2)20(14-16)34(31,32)27-13-12-15-6-4-5-7-18(15)27/h4-9,14H,3,10-13H2,1-2H3,(H,25,29). The maximum atomic E-state index is 13.8. The molecule has 1 aromatic heterocycles. The summed E-state index contributed by atoms with van der Waals surface area (Å²) in [5.74, 6) is -0.0933. The van der Waals surface area contributed by atoms with Crippen LogP contribution in [-0.4, -0.2) is 43.7 Å². The van der Waals surface area contributed by atoms with Crippen LogP contribution in [0.3, 0.4) is 0 Å². The molecule has 0 fully saturated rings. The molecule has 5 rings (SSSR count). The van der Waals surface area contributed by atoms with Crippen molar-refractivity contribution in [2.45, 2.75) is 37.5 Å². The first kappa shape index (κ1) is 22.1. The Morgan fingerprint density at radius 2 is 1.88 bits per heavy atom. The number of rotatable bonds is 5. The molecule has 10 heteroatoms. The molecule has 0 unspecified atom stereocenters. The number of nitrogens with one attached hydrogen (secondary N) is 1. The number of carbonyl (C=O) groups excluding carboxylic acids is 2. The second kappa shape index (κ2) is 8.28. The summed E-state index contributed by atoms with van der Waals surface area (Å²) in [7, 11) is -2.53. The summed E-state index contributed by atoms with van der Waals surface area (Å²) in [6, 6.07) is 12.3. The van der Waals surface area contributed by atoms with Crippen molar-refractivity contribution in [2.24, 2.45) is 0 Å². The zero-order valence-corrected chi connectivity index (χ0v) is 19.7. The van der Waals surface area contributed by atoms with E-state index in [1.807, 2.05) is 25.1 Å². The second-order valence-electron chi connectivity index (χ2n) is 8.20. The van der Waals surface area contributed by atoms with Gasteiger partial charge < -0.3 is 10.1 Å². The first-order valence-electron chi connectivity index (χ1n) is 11.1. The lowest BCUT2D eigenvalue weighted by Gasteiger charge is -2.21. The number of amides is 1. The monoisotopic (exact) mass is 480 g/mol. The zero-order chi connectivity index (χ0) is 24.0. The van der Waals surface area contributed by atoms with E-state index in [-0.39, 0.29) is 41.1 Å². The maximum Gasteiger partial charge on any atom is 0.268 e. The highest BCUT2D eigenvalue weighted by Gasteiger charge is 2.34. The van der Waals surface area contributed by atoms with Crippen molar-refractivity contribution in [3.8, 4) is 16.9 Å². The van der Waals surface area contributed by atoms with Crippen molar-refractivity contribution in [3.05, 3.63) is 53.7 Å². The number of hydrogen-bond donors (Lipinski definition) is 1. The maximum absolute atomic E-state index is 13.8. The Bertz CT molecular complexity index is 1430. The topological polar surface area (TPSA) is 111 Å². The van der Waals surface area contributed by atoms with E-state index in [0.717, 1.165) is 5.56 Å². The summed E-state index contributed by atoms with van der Waals surface area (Å²) in [5, 5.41) is 7.20. The van der Waals surface area contributed by atoms with Crippen molar-refractivity contribution in [3.63, 3.8) is 0 Å². The van der Waals surface area contributed by atoms with Crippen molar-refractivity contribution in [1.82, 2.24) is 9.78 Å². The number of aryl methyl sites for hydroxylation is 1. The minimum atomic E-state index is -3.95. The average molecular weight is 481 g/mol. The highest BCUT2D eigenvalue weighted by atomic mass is 32.2. The minimum Gasteiger partial charge on any atom is -0.495 e. The number of para-hydroxylation sites is 1. The Kier molecular flexibility index (Phi) is 5.40. The SMILES string of the molecule is CCc1nn2c(c1-c1ccc(OC)c(S(=O)(=O)N3CCc4ccccc43)c1)NC(=O)CCC2=O. The number of nitrogens with zero attached hydrogens (tertiary/aromatic N) is 3. The molecule has 0 aliphatic carbocycles. The predicted octanol–water partition coefficient (Wildman–Crippen LogP) is 3.25. The normalized spacial score (nSPS) is 15.5. The first-order chi connectivity index (χ1) is 16.3. The van der Waals surface area contributed by atoms with Crippen LogP contribution in [0.25, 0.3) is 11.1 Å². The molecule has 34 heavy (non-hydrogen) atoms. The first-order valence-corrected chi connectivity index (χ1v) is 12.5. The van der Waals surface area contributed by atoms with Gasteiger partial charge in [-0.1, -0.05) is 31.2 Å². The quantitative estimate of drug-likeness (QED) is 0.600. The molecule has 0 atom stereocenters. The van der Waals surface area contributed by atoms with Gasteiger partial charge in [0.2, 0.25) is 11.8 Å². The van der Waals surface area contributed by atoms with Crippen LogP contribution < -0.4 is 14.4 Å². The van der Waals surface area contributed by atoms with Gasteiger partial charge in [-0.15, -0.1) is 0 Å². The fourth-order valence-electron chi connectivity index (χ4n) is 4.54. The van der Waals surface area contributed by atoms with Crippen LogP contribution in [0.4, 0.5) is 11.5 Å². The lowest BCUT2D eigenvalue weighted by Crippen LogP contribution is -2.29. The molecule has 0 bridgehead atoms. The van der Waals surface area contributed by atoms with Gasteiger partial charge in [-0.25, -0.2) is 8.42 Å². The number of fused-ring (bicyclic) bond motifs is 2. The molecule has 2 aromatic carbocycles. The van der Waals surface area contributed by atoms with Crippen molar-refractivity contribution >= 4 is 33.3 Å². The van der Waals surface area contributed by atoms with E-state index in [2.05, 4.69) is 10.4 Å². The number of carbonyl (C=O) groups is 2. The van der Waals surface area contributed by atoms with Crippen LogP contribution in [0.5, 0.6) is 5.75 Å². The molecule has 0 spiro atoms. The molecular formula is C24H24N4O5S. The number of hydrogen-bond acceptors (Lipinski definition) is 6. The van der Waals surface area contributed by atoms with Gasteiger partial charge in [0.15, 0.2) is 0 Å². The predicted molar refractivity (Wildman–Crippen MR) is 127 cm³/mol. The van der Waals surface area contributed by atoms with Gasteiger partial charge in [-0.2, -0.15) is 9.78 Å². The molecule has 1 N–H and O–H groups in total. The van der Waals surface area contributed by atoms with Gasteiger partial charge in [0.25, 0.3) is 10.0 Å². The molecule has 2 aliphatic rings. The van der Waals surface area contributed by atoms with Crippen LogP contribution in [0.2, 0.25) is 0 Å². The number of methoxy groups -OCH3 is 1. The zero-order valence-electron chi connectivity index (χ0n) is 18.9. The third-order valence-electron chi connectivity index (χ3n) is 6.22. The van der Waals surface area contributed by atoms with E-state index in [4.69, 9.17) is 4.74 Å². The summed E-state index contributed by atoms with van der Waals surface area (Å²) < 4.78 is 35.6.